The second-order valence-corrected chi connectivity index (χ2v) is 4.88. The number of nitrogens with one attached hydrogen (secondary N) is 1. The Morgan fingerprint density at radius 1 is 1.58 bits per heavy atom. The Bertz CT molecular complexity index is 369. The second-order valence-electron chi connectivity index (χ2n) is 4.88. The summed E-state index contributed by atoms with van der Waals surface area (Å²) >= 11 is 0. The van der Waals surface area contributed by atoms with Gasteiger partial charge < -0.3 is 10.2 Å². The van der Waals surface area contributed by atoms with Gasteiger partial charge in [0.25, 0.3) is 0 Å². The molecule has 1 amide bonds. The third kappa shape index (κ3) is 3.00. The number of hydrogen-bond acceptors (Lipinski definition) is 3. The predicted octanol–water partition coefficient (Wildman–Crippen LogP) is 1.54. The molecule has 19 heavy (non-hydrogen) atoms. The second kappa shape index (κ2) is 5.78. The maximum Gasteiger partial charge on any atom is 0.404 e. The maximum absolute atomic E-state index is 13.2. The number of carbonyl (C=O) groups is 1. The number of amides is 1. The first kappa shape index (κ1) is 15.8. The van der Waals surface area contributed by atoms with Crippen molar-refractivity contribution in [2.45, 2.75) is 26.4 Å². The molecule has 1 N–H and O–H groups in total. The highest BCUT2D eigenvalue weighted by atomic mass is 19.4. The van der Waals surface area contributed by atoms with Crippen LogP contribution in [0.2, 0.25) is 0 Å². The van der Waals surface area contributed by atoms with Gasteiger partial charge in [-0.2, -0.15) is 18.4 Å². The van der Waals surface area contributed by atoms with Crippen LogP contribution in [-0.4, -0.2) is 43.2 Å². The van der Waals surface area contributed by atoms with Crippen molar-refractivity contribution in [3.63, 3.8) is 0 Å². The zero-order valence-corrected chi connectivity index (χ0v) is 11.0. The molecule has 108 valence electrons. The van der Waals surface area contributed by atoms with E-state index in [1.54, 1.807) is 13.8 Å². The van der Waals surface area contributed by atoms with Gasteiger partial charge in [0.15, 0.2) is 5.41 Å². The number of halogens is 3. The summed E-state index contributed by atoms with van der Waals surface area (Å²) in [6, 6.07) is 1.94. The molecule has 2 unspecified atom stereocenters. The normalized spacial score (nSPS) is 24.8. The number of hydrogen-bond donors (Lipinski definition) is 1. The molecule has 1 rings (SSSR count). The summed E-state index contributed by atoms with van der Waals surface area (Å²) < 4.78 is 39.7. The summed E-state index contributed by atoms with van der Waals surface area (Å²) in [5.41, 5.74) is -2.34. The van der Waals surface area contributed by atoms with Crippen LogP contribution in [0.1, 0.15) is 20.3 Å². The Kier molecular flexibility index (Phi) is 4.80. The van der Waals surface area contributed by atoms with Crippen LogP contribution in [0.25, 0.3) is 0 Å². The molecule has 1 saturated heterocycles. The molecule has 7 heteroatoms. The lowest BCUT2D eigenvalue weighted by atomic mass is 9.84. The van der Waals surface area contributed by atoms with Gasteiger partial charge in [-0.05, 0) is 26.8 Å². The van der Waals surface area contributed by atoms with E-state index < -0.39 is 23.4 Å². The van der Waals surface area contributed by atoms with Crippen molar-refractivity contribution in [2.75, 3.05) is 26.2 Å². The molecule has 1 fully saturated rings. The number of alkyl halides is 3. The molecule has 0 saturated carbocycles. The third-order valence-electron chi connectivity index (χ3n) is 3.49. The van der Waals surface area contributed by atoms with Crippen molar-refractivity contribution in [2.24, 2.45) is 11.3 Å². The van der Waals surface area contributed by atoms with Crippen molar-refractivity contribution in [1.82, 2.24) is 10.2 Å². The van der Waals surface area contributed by atoms with E-state index in [1.807, 2.05) is 6.07 Å². The fourth-order valence-electron chi connectivity index (χ4n) is 2.27. The SMILES string of the molecule is CCN(CC(C)C#N)C(=O)C1(C(F)(F)F)CCNC1. The fraction of sp³-hybridized carbons (Fsp3) is 0.833. The van der Waals surface area contributed by atoms with Gasteiger partial charge in [-0.1, -0.05) is 0 Å². The largest absolute Gasteiger partial charge is 0.404 e. The Morgan fingerprint density at radius 2 is 2.21 bits per heavy atom. The summed E-state index contributed by atoms with van der Waals surface area (Å²) in [6.45, 7) is 3.20. The van der Waals surface area contributed by atoms with Crippen LogP contribution >= 0.6 is 0 Å². The molecular weight excluding hydrogens is 259 g/mol. The molecule has 0 radical (unpaired) electrons. The van der Waals surface area contributed by atoms with Crippen LogP contribution in [0.4, 0.5) is 13.2 Å². The average molecular weight is 277 g/mol. The first-order valence-corrected chi connectivity index (χ1v) is 6.25. The highest BCUT2D eigenvalue weighted by Gasteiger charge is 2.62. The standard InChI is InChI=1S/C12H18F3N3O/c1-3-18(7-9(2)6-16)10(19)11(12(13,14)15)4-5-17-8-11/h9,17H,3-5,7-8H2,1-2H3. The van der Waals surface area contributed by atoms with Gasteiger partial charge in [0.05, 0.1) is 12.0 Å². The highest BCUT2D eigenvalue weighted by Crippen LogP contribution is 2.44. The van der Waals surface area contributed by atoms with Gasteiger partial charge in [0.1, 0.15) is 0 Å². The Morgan fingerprint density at radius 3 is 2.58 bits per heavy atom. The minimum absolute atomic E-state index is 0.0314. The molecule has 1 aliphatic heterocycles. The van der Waals surface area contributed by atoms with Gasteiger partial charge in [-0.25, -0.2) is 0 Å². The Hall–Kier alpha value is -1.29. The highest BCUT2D eigenvalue weighted by molar-refractivity contribution is 5.84. The molecule has 1 aliphatic rings. The molecule has 4 nitrogen and oxygen atoms in total. The number of rotatable bonds is 4. The third-order valence-corrected chi connectivity index (χ3v) is 3.49. The van der Waals surface area contributed by atoms with Gasteiger partial charge in [0, 0.05) is 19.6 Å². The van der Waals surface area contributed by atoms with Crippen molar-refractivity contribution in [3.05, 3.63) is 0 Å². The van der Waals surface area contributed by atoms with E-state index in [-0.39, 0.29) is 32.6 Å². The number of nitriles is 1. The zero-order chi connectivity index (χ0) is 14.7. The molecule has 0 spiro atoms. The van der Waals surface area contributed by atoms with Crippen LogP contribution < -0.4 is 5.32 Å². The Balaban J connectivity index is 2.97. The lowest BCUT2D eigenvalue weighted by Gasteiger charge is -2.35. The summed E-state index contributed by atoms with van der Waals surface area (Å²) in [7, 11) is 0. The van der Waals surface area contributed by atoms with Crippen molar-refractivity contribution in [1.29, 1.82) is 5.26 Å². The lowest BCUT2D eigenvalue weighted by molar-refractivity contribution is -0.221. The molecular formula is C12H18F3N3O. The Labute approximate surface area is 110 Å². The van der Waals surface area contributed by atoms with E-state index >= 15 is 0 Å². The quantitative estimate of drug-likeness (QED) is 0.848. The topological polar surface area (TPSA) is 56.1 Å². The summed E-state index contributed by atoms with van der Waals surface area (Å²) in [5.74, 6) is -1.40. The minimum atomic E-state index is -4.57. The molecule has 0 aromatic rings. The van der Waals surface area contributed by atoms with Gasteiger partial charge in [-0.3, -0.25) is 4.79 Å². The zero-order valence-electron chi connectivity index (χ0n) is 11.0. The molecule has 0 aromatic carbocycles. The summed E-state index contributed by atoms with van der Waals surface area (Å²) in [5, 5.41) is 11.3. The van der Waals surface area contributed by atoms with E-state index in [9.17, 15) is 18.0 Å². The van der Waals surface area contributed by atoms with E-state index in [0.717, 1.165) is 4.90 Å². The summed E-state index contributed by atoms with van der Waals surface area (Å²) in [6.07, 6.45) is -4.82. The van der Waals surface area contributed by atoms with E-state index in [1.165, 1.54) is 0 Å². The van der Waals surface area contributed by atoms with Crippen LogP contribution in [0.15, 0.2) is 0 Å². The van der Waals surface area contributed by atoms with Gasteiger partial charge in [0.2, 0.25) is 5.91 Å². The van der Waals surface area contributed by atoms with Crippen LogP contribution in [0.5, 0.6) is 0 Å². The fourth-order valence-corrected chi connectivity index (χ4v) is 2.27. The van der Waals surface area contributed by atoms with Crippen LogP contribution in [0.3, 0.4) is 0 Å². The van der Waals surface area contributed by atoms with Crippen molar-refractivity contribution < 1.29 is 18.0 Å². The molecule has 0 aliphatic carbocycles. The van der Waals surface area contributed by atoms with E-state index in [2.05, 4.69) is 5.32 Å². The van der Waals surface area contributed by atoms with Crippen LogP contribution in [-0.2, 0) is 4.79 Å². The smallest absolute Gasteiger partial charge is 0.341 e. The average Bonchev–Trinajstić information content (AvgIpc) is 2.84. The van der Waals surface area contributed by atoms with Crippen molar-refractivity contribution in [3.8, 4) is 6.07 Å². The minimum Gasteiger partial charge on any atom is -0.341 e. The maximum atomic E-state index is 13.2. The number of nitrogens with zero attached hydrogens (tertiary/aromatic N) is 2. The van der Waals surface area contributed by atoms with Crippen molar-refractivity contribution >= 4 is 5.91 Å². The lowest BCUT2D eigenvalue weighted by Crippen LogP contribution is -2.54. The van der Waals surface area contributed by atoms with Gasteiger partial charge in [-0.15, -0.1) is 0 Å². The van der Waals surface area contributed by atoms with Gasteiger partial charge >= 0.3 is 6.18 Å². The summed E-state index contributed by atoms with van der Waals surface area (Å²) in [4.78, 5) is 13.4. The monoisotopic (exact) mass is 277 g/mol. The molecule has 2 atom stereocenters. The first-order valence-electron chi connectivity index (χ1n) is 6.25. The predicted molar refractivity (Wildman–Crippen MR) is 63.0 cm³/mol. The molecule has 0 bridgehead atoms. The molecule has 1 heterocycles. The van der Waals surface area contributed by atoms with E-state index in [0.29, 0.717) is 0 Å². The first-order chi connectivity index (χ1) is 8.78. The van der Waals surface area contributed by atoms with E-state index in [4.69, 9.17) is 5.26 Å². The van der Waals surface area contributed by atoms with Crippen LogP contribution in [0, 0.1) is 22.7 Å². The number of carbonyl (C=O) groups excluding carboxylic acids is 1. The molecule has 0 aromatic heterocycles.